The van der Waals surface area contributed by atoms with E-state index in [1.54, 1.807) is 20.8 Å². The zero-order valence-electron chi connectivity index (χ0n) is 23.3. The van der Waals surface area contributed by atoms with Gasteiger partial charge in [-0.1, -0.05) is 26.8 Å². The van der Waals surface area contributed by atoms with Crippen molar-refractivity contribution in [3.05, 3.63) is 29.3 Å². The second kappa shape index (κ2) is 17.5. The van der Waals surface area contributed by atoms with Crippen molar-refractivity contribution in [1.29, 1.82) is 0 Å². The number of likely N-dealkylation sites (N-methyl/N-ethyl adjacent to an activating group) is 1. The SMILES string of the molecule is CCNC(CCC(=O)O)C(=O)NC(C(=O)NCC(=O)Nc1ccc(COC(C)=O)c(C(=O)NCCN)c1)C(C)C. The van der Waals surface area contributed by atoms with Gasteiger partial charge in [-0.15, -0.1) is 0 Å². The van der Waals surface area contributed by atoms with E-state index in [9.17, 15) is 28.8 Å². The molecule has 0 aromatic heterocycles. The minimum Gasteiger partial charge on any atom is -0.481 e. The maximum absolute atomic E-state index is 12.8. The quantitative estimate of drug-likeness (QED) is 0.120. The number of hydrogen-bond donors (Lipinski definition) is 7. The molecule has 0 aliphatic carbocycles. The van der Waals surface area contributed by atoms with Crippen molar-refractivity contribution in [3.8, 4) is 0 Å². The van der Waals surface area contributed by atoms with Crippen LogP contribution >= 0.6 is 0 Å². The molecule has 4 amide bonds. The molecule has 0 saturated carbocycles. The monoisotopic (exact) mass is 564 g/mol. The number of rotatable bonds is 17. The van der Waals surface area contributed by atoms with Gasteiger partial charge in [-0.2, -0.15) is 0 Å². The first-order valence-corrected chi connectivity index (χ1v) is 13.0. The lowest BCUT2D eigenvalue weighted by atomic mass is 10.0. The molecule has 1 rings (SSSR count). The molecule has 0 spiro atoms. The fraction of sp³-hybridized carbons (Fsp3) is 0.538. The van der Waals surface area contributed by atoms with Crippen molar-refractivity contribution in [1.82, 2.24) is 21.3 Å². The van der Waals surface area contributed by atoms with Gasteiger partial charge >= 0.3 is 11.9 Å². The molecule has 1 aromatic carbocycles. The molecule has 0 bridgehead atoms. The van der Waals surface area contributed by atoms with Gasteiger partial charge in [0.05, 0.1) is 12.6 Å². The van der Waals surface area contributed by atoms with Crippen LogP contribution in [-0.2, 0) is 35.3 Å². The highest BCUT2D eigenvalue weighted by molar-refractivity contribution is 6.00. The first kappa shape index (κ1) is 34.0. The number of carbonyl (C=O) groups excluding carboxylic acids is 5. The fourth-order valence-corrected chi connectivity index (χ4v) is 3.56. The third-order valence-electron chi connectivity index (χ3n) is 5.58. The molecule has 0 aliphatic heterocycles. The number of hydrogen-bond acceptors (Lipinski definition) is 9. The van der Waals surface area contributed by atoms with Crippen molar-refractivity contribution < 1.29 is 38.6 Å². The van der Waals surface area contributed by atoms with E-state index >= 15 is 0 Å². The summed E-state index contributed by atoms with van der Waals surface area (Å²) in [6.07, 6.45) is -0.166. The van der Waals surface area contributed by atoms with Crippen molar-refractivity contribution in [3.63, 3.8) is 0 Å². The predicted molar refractivity (Wildman–Crippen MR) is 146 cm³/mol. The van der Waals surface area contributed by atoms with Crippen LogP contribution in [0.2, 0.25) is 0 Å². The smallest absolute Gasteiger partial charge is 0.303 e. The van der Waals surface area contributed by atoms with Crippen molar-refractivity contribution >= 4 is 41.3 Å². The largest absolute Gasteiger partial charge is 0.481 e. The van der Waals surface area contributed by atoms with E-state index in [0.29, 0.717) is 12.1 Å². The number of amides is 4. The summed E-state index contributed by atoms with van der Waals surface area (Å²) >= 11 is 0. The summed E-state index contributed by atoms with van der Waals surface area (Å²) in [5.41, 5.74) is 6.31. The molecule has 14 heteroatoms. The third-order valence-corrected chi connectivity index (χ3v) is 5.58. The van der Waals surface area contributed by atoms with E-state index in [1.807, 2.05) is 0 Å². The Balaban J connectivity index is 2.87. The van der Waals surface area contributed by atoms with Crippen LogP contribution in [0.25, 0.3) is 0 Å². The molecule has 8 N–H and O–H groups in total. The van der Waals surface area contributed by atoms with Crippen LogP contribution in [0.5, 0.6) is 0 Å². The van der Waals surface area contributed by atoms with E-state index in [0.717, 1.165) is 0 Å². The van der Waals surface area contributed by atoms with Gasteiger partial charge in [0.2, 0.25) is 17.7 Å². The molecule has 40 heavy (non-hydrogen) atoms. The first-order valence-electron chi connectivity index (χ1n) is 13.0. The lowest BCUT2D eigenvalue weighted by molar-refractivity contribution is -0.142. The van der Waals surface area contributed by atoms with Crippen LogP contribution in [0.3, 0.4) is 0 Å². The Morgan fingerprint density at radius 1 is 1.05 bits per heavy atom. The Labute approximate surface area is 233 Å². The summed E-state index contributed by atoms with van der Waals surface area (Å²) in [6.45, 7) is 6.76. The highest BCUT2D eigenvalue weighted by Gasteiger charge is 2.28. The second-order valence-corrected chi connectivity index (χ2v) is 9.24. The molecule has 0 saturated heterocycles. The van der Waals surface area contributed by atoms with E-state index in [-0.39, 0.29) is 49.7 Å². The number of benzene rings is 1. The van der Waals surface area contributed by atoms with Crippen LogP contribution in [-0.4, -0.2) is 78.9 Å². The molecule has 2 unspecified atom stereocenters. The number of carboxylic acids is 1. The van der Waals surface area contributed by atoms with E-state index < -0.39 is 54.2 Å². The van der Waals surface area contributed by atoms with Crippen LogP contribution in [0.1, 0.15) is 56.5 Å². The van der Waals surface area contributed by atoms with Gasteiger partial charge in [0, 0.05) is 43.2 Å². The highest BCUT2D eigenvalue weighted by Crippen LogP contribution is 2.17. The van der Waals surface area contributed by atoms with E-state index in [4.69, 9.17) is 15.6 Å². The number of esters is 1. The number of nitrogens with one attached hydrogen (secondary N) is 5. The molecule has 0 radical (unpaired) electrons. The fourth-order valence-electron chi connectivity index (χ4n) is 3.56. The van der Waals surface area contributed by atoms with Gasteiger partial charge in [-0.25, -0.2) is 0 Å². The number of aliphatic carboxylic acids is 1. The summed E-state index contributed by atoms with van der Waals surface area (Å²) < 4.78 is 4.99. The Morgan fingerprint density at radius 2 is 1.75 bits per heavy atom. The summed E-state index contributed by atoms with van der Waals surface area (Å²) in [5, 5.41) is 22.2. The van der Waals surface area contributed by atoms with Crippen LogP contribution in [0.15, 0.2) is 18.2 Å². The predicted octanol–water partition coefficient (Wildman–Crippen LogP) is -0.523. The van der Waals surface area contributed by atoms with Gasteiger partial charge in [0.1, 0.15) is 12.6 Å². The number of ether oxygens (including phenoxy) is 1. The Hall–Kier alpha value is -4.04. The van der Waals surface area contributed by atoms with E-state index in [2.05, 4.69) is 26.6 Å². The number of nitrogens with two attached hydrogens (primary N) is 1. The lowest BCUT2D eigenvalue weighted by Gasteiger charge is -2.25. The lowest BCUT2D eigenvalue weighted by Crippen LogP contribution is -2.55. The van der Waals surface area contributed by atoms with Crippen molar-refractivity contribution in [2.24, 2.45) is 11.7 Å². The molecular formula is C26H40N6O8. The summed E-state index contributed by atoms with van der Waals surface area (Å²) in [4.78, 5) is 72.8. The molecule has 2 atom stereocenters. The summed E-state index contributed by atoms with van der Waals surface area (Å²) in [6, 6.07) is 2.71. The summed E-state index contributed by atoms with van der Waals surface area (Å²) in [5.74, 6) is -4.05. The topological polar surface area (TPSA) is 218 Å². The Kier molecular flexibility index (Phi) is 14.9. The zero-order chi connectivity index (χ0) is 30.2. The summed E-state index contributed by atoms with van der Waals surface area (Å²) in [7, 11) is 0. The van der Waals surface area contributed by atoms with Crippen LogP contribution in [0.4, 0.5) is 5.69 Å². The second-order valence-electron chi connectivity index (χ2n) is 9.24. The first-order chi connectivity index (χ1) is 18.9. The molecule has 0 fully saturated rings. The van der Waals surface area contributed by atoms with Crippen LogP contribution in [0, 0.1) is 5.92 Å². The van der Waals surface area contributed by atoms with Gasteiger partial charge in [-0.3, -0.25) is 28.8 Å². The molecule has 0 heterocycles. The Bertz CT molecular complexity index is 1060. The maximum Gasteiger partial charge on any atom is 0.303 e. The van der Waals surface area contributed by atoms with Crippen LogP contribution < -0.4 is 32.3 Å². The number of anilines is 1. The van der Waals surface area contributed by atoms with Gasteiger partial charge in [0.25, 0.3) is 5.91 Å². The third kappa shape index (κ3) is 12.2. The molecule has 0 aliphatic rings. The zero-order valence-corrected chi connectivity index (χ0v) is 23.3. The average molecular weight is 565 g/mol. The number of carbonyl (C=O) groups is 6. The van der Waals surface area contributed by atoms with Gasteiger partial charge < -0.3 is 42.2 Å². The maximum atomic E-state index is 12.8. The Morgan fingerprint density at radius 3 is 2.33 bits per heavy atom. The molecule has 1 aromatic rings. The highest BCUT2D eigenvalue weighted by atomic mass is 16.5. The molecular weight excluding hydrogens is 524 g/mol. The van der Waals surface area contributed by atoms with Gasteiger partial charge in [-0.05, 0) is 31.0 Å². The minimum absolute atomic E-state index is 0.0513. The van der Waals surface area contributed by atoms with E-state index in [1.165, 1.54) is 25.1 Å². The minimum atomic E-state index is -1.04. The molecule has 222 valence electrons. The number of carboxylic acid groups (broad SMARTS) is 1. The molecule has 14 nitrogen and oxygen atoms in total. The van der Waals surface area contributed by atoms with Crippen molar-refractivity contribution in [2.45, 2.75) is 59.2 Å². The van der Waals surface area contributed by atoms with Gasteiger partial charge in [0.15, 0.2) is 0 Å². The van der Waals surface area contributed by atoms with Crippen molar-refractivity contribution in [2.75, 3.05) is 31.5 Å². The normalized spacial score (nSPS) is 12.2. The standard InChI is InChI=1S/C26H40N6O8/c1-5-28-20(8-9-22(35)36)25(38)32-23(15(2)3)26(39)30-13-21(34)31-18-7-6-17(14-40-16(4)33)19(12-18)24(37)29-11-10-27/h6-7,12,15,20,23,28H,5,8-11,13-14,27H2,1-4H3,(H,29,37)(H,30,39)(H,31,34)(H,32,38)(H,35,36). The average Bonchev–Trinajstić information content (AvgIpc) is 2.89.